The van der Waals surface area contributed by atoms with Crippen molar-refractivity contribution in [3.8, 4) is 0 Å². The van der Waals surface area contributed by atoms with E-state index in [2.05, 4.69) is 10.4 Å². The van der Waals surface area contributed by atoms with E-state index in [4.69, 9.17) is 10.3 Å². The quantitative estimate of drug-likeness (QED) is 0.487. The summed E-state index contributed by atoms with van der Waals surface area (Å²) < 4.78 is 5.04. The van der Waals surface area contributed by atoms with Gasteiger partial charge in [-0.05, 0) is 17.8 Å². The second kappa shape index (κ2) is 4.85. The van der Waals surface area contributed by atoms with Crippen LogP contribution in [0.1, 0.15) is 0 Å². The monoisotopic (exact) mass is 252 g/mol. The van der Waals surface area contributed by atoms with Gasteiger partial charge in [0, 0.05) is 17.0 Å². The summed E-state index contributed by atoms with van der Waals surface area (Å²) in [6, 6.07) is 4.44. The van der Waals surface area contributed by atoms with Crippen molar-refractivity contribution < 1.29 is 9.34 Å². The lowest BCUT2D eigenvalue weighted by Crippen LogP contribution is -2.07. The third-order valence-electron chi connectivity index (χ3n) is 1.88. The number of nitrogen functional groups attached to an aromatic ring is 1. The molecule has 1 aromatic carbocycles. The summed E-state index contributed by atoms with van der Waals surface area (Å²) in [5, 5.41) is 11.1. The summed E-state index contributed by atoms with van der Waals surface area (Å²) in [5.41, 5.74) is 2.78. The van der Waals surface area contributed by atoms with E-state index in [9.17, 15) is 10.1 Å². The molecule has 7 nitrogen and oxygen atoms in total. The molecule has 88 valence electrons. The van der Waals surface area contributed by atoms with Gasteiger partial charge in [0.25, 0.3) is 10.9 Å². The second-order valence-electron chi connectivity index (χ2n) is 3.02. The molecule has 0 fully saturated rings. The first kappa shape index (κ1) is 11.4. The molecular formula is C9H8N4O3S. The molecule has 0 saturated carbocycles. The number of hydrazine groups is 1. The zero-order chi connectivity index (χ0) is 12.3. The molecule has 0 saturated heterocycles. The van der Waals surface area contributed by atoms with Crippen LogP contribution in [0.5, 0.6) is 0 Å². The van der Waals surface area contributed by atoms with Crippen LogP contribution in [-0.4, -0.2) is 9.91 Å². The number of anilines is 1. The van der Waals surface area contributed by atoms with Crippen LogP contribution >= 0.6 is 11.8 Å². The number of hydrogen-bond acceptors (Lipinski definition) is 7. The second-order valence-corrected chi connectivity index (χ2v) is 4.04. The van der Waals surface area contributed by atoms with Gasteiger partial charge in [-0.3, -0.25) is 16.0 Å². The first-order valence-corrected chi connectivity index (χ1v) is 5.34. The average Bonchev–Trinajstić information content (AvgIpc) is 2.81. The standard InChI is InChI=1S/C9H8N4O3S/c10-12-6-3-7(13(14)15)5-8(4-6)17-9-11-1-2-16-9/h1-5,12H,10H2. The van der Waals surface area contributed by atoms with Gasteiger partial charge in [-0.1, -0.05) is 0 Å². The maximum Gasteiger partial charge on any atom is 0.272 e. The summed E-state index contributed by atoms with van der Waals surface area (Å²) in [6.45, 7) is 0. The van der Waals surface area contributed by atoms with E-state index >= 15 is 0 Å². The Hall–Kier alpha value is -2.06. The Morgan fingerprint density at radius 2 is 2.29 bits per heavy atom. The Bertz CT molecular complexity index is 529. The molecule has 0 radical (unpaired) electrons. The van der Waals surface area contributed by atoms with E-state index in [1.165, 1.54) is 36.4 Å². The van der Waals surface area contributed by atoms with Gasteiger partial charge in [-0.15, -0.1) is 0 Å². The minimum atomic E-state index is -0.486. The number of nitrogens with zero attached hydrogens (tertiary/aromatic N) is 2. The molecule has 17 heavy (non-hydrogen) atoms. The maximum absolute atomic E-state index is 10.7. The number of nitrogens with two attached hydrogens (primary N) is 1. The number of nitrogens with one attached hydrogen (secondary N) is 1. The highest BCUT2D eigenvalue weighted by Gasteiger charge is 2.11. The molecule has 0 amide bonds. The number of aromatic nitrogens is 1. The lowest BCUT2D eigenvalue weighted by atomic mass is 10.3. The fraction of sp³-hybridized carbons (Fsp3) is 0. The van der Waals surface area contributed by atoms with E-state index in [1.807, 2.05) is 0 Å². The molecule has 0 bridgehead atoms. The normalized spacial score (nSPS) is 10.2. The van der Waals surface area contributed by atoms with Crippen LogP contribution in [-0.2, 0) is 0 Å². The van der Waals surface area contributed by atoms with Crippen molar-refractivity contribution in [2.45, 2.75) is 10.1 Å². The molecule has 0 aliphatic heterocycles. The first-order valence-electron chi connectivity index (χ1n) is 4.52. The molecular weight excluding hydrogens is 244 g/mol. The lowest BCUT2D eigenvalue weighted by Gasteiger charge is -2.03. The molecule has 2 aromatic rings. The van der Waals surface area contributed by atoms with Crippen molar-refractivity contribution in [1.29, 1.82) is 0 Å². The Balaban J connectivity index is 2.33. The van der Waals surface area contributed by atoms with Crippen molar-refractivity contribution in [3.05, 3.63) is 40.8 Å². The van der Waals surface area contributed by atoms with Gasteiger partial charge in [0.2, 0.25) is 0 Å². The van der Waals surface area contributed by atoms with Gasteiger partial charge < -0.3 is 9.84 Å². The van der Waals surface area contributed by atoms with Crippen LogP contribution in [0, 0.1) is 10.1 Å². The van der Waals surface area contributed by atoms with E-state index in [0.29, 0.717) is 15.8 Å². The Morgan fingerprint density at radius 3 is 2.88 bits per heavy atom. The molecule has 0 atom stereocenters. The van der Waals surface area contributed by atoms with Crippen molar-refractivity contribution in [3.63, 3.8) is 0 Å². The zero-order valence-corrected chi connectivity index (χ0v) is 9.31. The summed E-state index contributed by atoms with van der Waals surface area (Å²) in [6.07, 6.45) is 2.93. The fourth-order valence-electron chi connectivity index (χ4n) is 1.19. The molecule has 1 heterocycles. The molecule has 2 rings (SSSR count). The minimum absolute atomic E-state index is 0.0468. The molecule has 8 heteroatoms. The molecule has 1 aromatic heterocycles. The summed E-state index contributed by atoms with van der Waals surface area (Å²) >= 11 is 1.18. The number of benzene rings is 1. The lowest BCUT2D eigenvalue weighted by molar-refractivity contribution is -0.385. The van der Waals surface area contributed by atoms with Crippen molar-refractivity contribution in [1.82, 2.24) is 4.98 Å². The largest absolute Gasteiger partial charge is 0.440 e. The number of oxazole rings is 1. The van der Waals surface area contributed by atoms with Crippen LogP contribution in [0.2, 0.25) is 0 Å². The van der Waals surface area contributed by atoms with Crippen LogP contribution in [0.25, 0.3) is 0 Å². The Morgan fingerprint density at radius 1 is 1.47 bits per heavy atom. The average molecular weight is 252 g/mol. The van der Waals surface area contributed by atoms with E-state index in [0.717, 1.165) is 0 Å². The van der Waals surface area contributed by atoms with Crippen LogP contribution in [0.15, 0.2) is 45.2 Å². The highest BCUT2D eigenvalue weighted by molar-refractivity contribution is 7.99. The predicted molar refractivity (Wildman–Crippen MR) is 61.5 cm³/mol. The van der Waals surface area contributed by atoms with Crippen LogP contribution in [0.3, 0.4) is 0 Å². The van der Waals surface area contributed by atoms with Crippen LogP contribution in [0.4, 0.5) is 11.4 Å². The third-order valence-corrected chi connectivity index (χ3v) is 2.73. The summed E-state index contributed by atoms with van der Waals surface area (Å²) in [4.78, 5) is 14.8. The van der Waals surface area contributed by atoms with Crippen molar-refractivity contribution in [2.24, 2.45) is 5.84 Å². The molecule has 0 spiro atoms. The molecule has 0 aliphatic carbocycles. The zero-order valence-electron chi connectivity index (χ0n) is 8.49. The highest BCUT2D eigenvalue weighted by atomic mass is 32.2. The first-order chi connectivity index (χ1) is 8.19. The smallest absolute Gasteiger partial charge is 0.272 e. The van der Waals surface area contributed by atoms with Gasteiger partial charge in [0.05, 0.1) is 16.8 Å². The maximum atomic E-state index is 10.7. The van der Waals surface area contributed by atoms with E-state index in [-0.39, 0.29) is 5.69 Å². The highest BCUT2D eigenvalue weighted by Crippen LogP contribution is 2.31. The van der Waals surface area contributed by atoms with E-state index < -0.39 is 4.92 Å². The van der Waals surface area contributed by atoms with Gasteiger partial charge in [-0.2, -0.15) is 0 Å². The number of non-ortho nitro benzene ring substituents is 1. The van der Waals surface area contributed by atoms with Gasteiger partial charge >= 0.3 is 0 Å². The Labute approximate surface area is 100 Å². The molecule has 3 N–H and O–H groups in total. The minimum Gasteiger partial charge on any atom is -0.440 e. The number of nitro benzene ring substituents is 1. The SMILES string of the molecule is NNc1cc(Sc2ncco2)cc([N+](=O)[O-])c1. The van der Waals surface area contributed by atoms with E-state index in [1.54, 1.807) is 6.07 Å². The number of rotatable bonds is 4. The summed E-state index contributed by atoms with van der Waals surface area (Å²) in [5.74, 6) is 5.24. The topological polar surface area (TPSA) is 107 Å². The van der Waals surface area contributed by atoms with Crippen LogP contribution < -0.4 is 11.3 Å². The van der Waals surface area contributed by atoms with Crippen molar-refractivity contribution >= 4 is 23.1 Å². The third kappa shape index (κ3) is 2.74. The number of hydrogen-bond donors (Lipinski definition) is 2. The predicted octanol–water partition coefficient (Wildman–Crippen LogP) is 2.02. The Kier molecular flexibility index (Phi) is 3.26. The van der Waals surface area contributed by atoms with Crippen molar-refractivity contribution in [2.75, 3.05) is 5.43 Å². The van der Waals surface area contributed by atoms with Gasteiger partial charge in [-0.25, -0.2) is 4.98 Å². The van der Waals surface area contributed by atoms with Gasteiger partial charge in [0.1, 0.15) is 6.26 Å². The number of nitro groups is 1. The fourth-order valence-corrected chi connectivity index (χ4v) is 1.98. The summed E-state index contributed by atoms with van der Waals surface area (Å²) in [7, 11) is 0. The molecule has 0 aliphatic rings. The van der Waals surface area contributed by atoms with Gasteiger partial charge in [0.15, 0.2) is 0 Å². The molecule has 0 unspecified atom stereocenters.